The van der Waals surface area contributed by atoms with Crippen LogP contribution in [0.4, 0.5) is 0 Å². The van der Waals surface area contributed by atoms with Gasteiger partial charge in [-0.1, -0.05) is 6.07 Å². The standard InChI is InChI=1S/C14H15NO6S/c1-7-5-8(2)11-10(6-7)15-14(17)12(9(3)16)13(11)21-22(18,19)20-4/h5-6H,1-4H3,(H,15,17). The van der Waals surface area contributed by atoms with Gasteiger partial charge in [0.1, 0.15) is 5.56 Å². The van der Waals surface area contributed by atoms with E-state index in [0.717, 1.165) is 19.6 Å². The normalized spacial score (nSPS) is 11.6. The van der Waals surface area contributed by atoms with E-state index in [0.29, 0.717) is 16.5 Å². The number of hydrogen-bond acceptors (Lipinski definition) is 6. The Bertz CT molecular complexity index is 926. The molecule has 0 atom stereocenters. The number of benzene rings is 1. The molecule has 0 fully saturated rings. The van der Waals surface area contributed by atoms with Crippen molar-refractivity contribution in [2.24, 2.45) is 0 Å². The second-order valence-electron chi connectivity index (χ2n) is 4.88. The Hall–Kier alpha value is -2.19. The first kappa shape index (κ1) is 16.2. The van der Waals surface area contributed by atoms with Crippen LogP contribution in [0.3, 0.4) is 0 Å². The van der Waals surface area contributed by atoms with E-state index in [2.05, 4.69) is 9.17 Å². The third kappa shape index (κ3) is 2.88. The highest BCUT2D eigenvalue weighted by Gasteiger charge is 2.24. The number of nitrogens with one attached hydrogen (secondary N) is 1. The smallest absolute Gasteiger partial charge is 0.360 e. The zero-order chi connectivity index (χ0) is 16.7. The molecule has 1 aromatic carbocycles. The van der Waals surface area contributed by atoms with Crippen LogP contribution in [0.2, 0.25) is 0 Å². The second-order valence-corrected chi connectivity index (χ2v) is 6.19. The monoisotopic (exact) mass is 325 g/mol. The molecule has 0 amide bonds. The lowest BCUT2D eigenvalue weighted by Crippen LogP contribution is -2.21. The molecule has 0 aliphatic rings. The van der Waals surface area contributed by atoms with Crippen molar-refractivity contribution in [1.82, 2.24) is 4.98 Å². The summed E-state index contributed by atoms with van der Waals surface area (Å²) in [5.41, 5.74) is 0.840. The van der Waals surface area contributed by atoms with E-state index in [1.54, 1.807) is 19.1 Å². The summed E-state index contributed by atoms with van der Waals surface area (Å²) >= 11 is 0. The van der Waals surface area contributed by atoms with Gasteiger partial charge in [0.25, 0.3) is 5.56 Å². The van der Waals surface area contributed by atoms with Crippen LogP contribution in [-0.4, -0.2) is 26.3 Å². The van der Waals surface area contributed by atoms with Gasteiger partial charge in [0.2, 0.25) is 0 Å². The number of pyridine rings is 1. The average Bonchev–Trinajstić information content (AvgIpc) is 2.36. The Morgan fingerprint density at radius 1 is 1.23 bits per heavy atom. The molecular formula is C14H15NO6S. The number of aromatic amines is 1. The number of fused-ring (bicyclic) bond motifs is 1. The summed E-state index contributed by atoms with van der Waals surface area (Å²) < 4.78 is 32.3. The summed E-state index contributed by atoms with van der Waals surface area (Å²) in [5, 5.41) is 0.344. The topological polar surface area (TPSA) is 103 Å². The molecule has 0 spiro atoms. The Morgan fingerprint density at radius 2 is 1.86 bits per heavy atom. The SMILES string of the molecule is COS(=O)(=O)Oc1c(C(C)=O)c(=O)[nH]c2cc(C)cc(C)c12. The van der Waals surface area contributed by atoms with Gasteiger partial charge >= 0.3 is 10.4 Å². The molecule has 1 N–H and O–H groups in total. The summed E-state index contributed by atoms with van der Waals surface area (Å²) in [4.78, 5) is 26.4. The van der Waals surface area contributed by atoms with Crippen LogP contribution in [0.25, 0.3) is 10.9 Å². The minimum Gasteiger partial charge on any atom is -0.360 e. The number of ketones is 1. The summed E-state index contributed by atoms with van der Waals surface area (Å²) in [6.07, 6.45) is 0. The molecule has 0 saturated carbocycles. The molecular weight excluding hydrogens is 310 g/mol. The van der Waals surface area contributed by atoms with Gasteiger partial charge in [0, 0.05) is 5.39 Å². The van der Waals surface area contributed by atoms with Crippen LogP contribution >= 0.6 is 0 Å². The van der Waals surface area contributed by atoms with E-state index in [9.17, 15) is 18.0 Å². The van der Waals surface area contributed by atoms with Gasteiger partial charge < -0.3 is 9.17 Å². The van der Waals surface area contributed by atoms with E-state index < -0.39 is 21.7 Å². The lowest BCUT2D eigenvalue weighted by Gasteiger charge is -2.13. The van der Waals surface area contributed by atoms with Crippen molar-refractivity contribution in [3.63, 3.8) is 0 Å². The molecule has 7 nitrogen and oxygen atoms in total. The van der Waals surface area contributed by atoms with E-state index in [-0.39, 0.29) is 11.3 Å². The largest absolute Gasteiger partial charge is 0.448 e. The lowest BCUT2D eigenvalue weighted by molar-refractivity contribution is 0.101. The van der Waals surface area contributed by atoms with Crippen LogP contribution in [0, 0.1) is 13.8 Å². The number of H-pyrrole nitrogens is 1. The van der Waals surface area contributed by atoms with Crippen molar-refractivity contribution < 1.29 is 21.6 Å². The maximum absolute atomic E-state index is 12.1. The molecule has 0 aliphatic heterocycles. The van der Waals surface area contributed by atoms with E-state index in [4.69, 9.17) is 4.18 Å². The van der Waals surface area contributed by atoms with E-state index in [1.165, 1.54) is 0 Å². The first-order valence-corrected chi connectivity index (χ1v) is 7.68. The van der Waals surface area contributed by atoms with Gasteiger partial charge in [-0.15, -0.1) is 0 Å². The van der Waals surface area contributed by atoms with Crippen molar-refractivity contribution in [2.45, 2.75) is 20.8 Å². The van der Waals surface area contributed by atoms with Crippen LogP contribution in [0.1, 0.15) is 28.4 Å². The Labute approximate surface area is 127 Å². The summed E-state index contributed by atoms with van der Waals surface area (Å²) in [6.45, 7) is 4.71. The van der Waals surface area contributed by atoms with Crippen LogP contribution in [-0.2, 0) is 14.6 Å². The van der Waals surface area contributed by atoms with Crippen molar-refractivity contribution in [3.8, 4) is 5.75 Å². The number of aromatic nitrogens is 1. The van der Waals surface area contributed by atoms with Gasteiger partial charge in [-0.25, -0.2) is 4.18 Å². The predicted molar refractivity (Wildman–Crippen MR) is 80.6 cm³/mol. The number of aryl methyl sites for hydroxylation is 2. The maximum atomic E-state index is 12.1. The van der Waals surface area contributed by atoms with Gasteiger partial charge in [0.05, 0.1) is 12.6 Å². The van der Waals surface area contributed by atoms with E-state index >= 15 is 0 Å². The molecule has 2 rings (SSSR count). The van der Waals surface area contributed by atoms with Crippen LogP contribution < -0.4 is 9.74 Å². The molecule has 0 aliphatic carbocycles. The predicted octanol–water partition coefficient (Wildman–Crippen LogP) is 1.62. The average molecular weight is 325 g/mol. The minimum absolute atomic E-state index is 0.314. The molecule has 2 aromatic rings. The quantitative estimate of drug-likeness (QED) is 0.857. The molecule has 1 heterocycles. The van der Waals surface area contributed by atoms with Crippen molar-refractivity contribution in [2.75, 3.05) is 7.11 Å². The number of hydrogen-bond donors (Lipinski definition) is 1. The fraction of sp³-hybridized carbons (Fsp3) is 0.286. The molecule has 118 valence electrons. The maximum Gasteiger partial charge on any atom is 0.448 e. The Morgan fingerprint density at radius 3 is 2.41 bits per heavy atom. The molecule has 0 radical (unpaired) electrons. The van der Waals surface area contributed by atoms with E-state index in [1.807, 2.05) is 6.92 Å². The second kappa shape index (κ2) is 5.54. The van der Waals surface area contributed by atoms with Gasteiger partial charge in [-0.2, -0.15) is 8.42 Å². The fourth-order valence-corrected chi connectivity index (χ4v) is 2.76. The third-order valence-corrected chi connectivity index (χ3v) is 3.93. The summed E-state index contributed by atoms with van der Waals surface area (Å²) in [6, 6.07) is 3.46. The molecule has 22 heavy (non-hydrogen) atoms. The first-order valence-electron chi connectivity index (χ1n) is 6.34. The number of rotatable bonds is 4. The zero-order valence-corrected chi connectivity index (χ0v) is 13.3. The van der Waals surface area contributed by atoms with Gasteiger partial charge in [-0.3, -0.25) is 9.59 Å². The Kier molecular flexibility index (Phi) is 4.08. The summed E-state index contributed by atoms with van der Waals surface area (Å²) in [7, 11) is -3.44. The highest BCUT2D eigenvalue weighted by Crippen LogP contribution is 2.31. The molecule has 8 heteroatoms. The number of carbonyl (C=O) groups is 1. The van der Waals surface area contributed by atoms with Crippen molar-refractivity contribution in [1.29, 1.82) is 0 Å². The molecule has 0 unspecified atom stereocenters. The van der Waals surface area contributed by atoms with Gasteiger partial charge in [-0.05, 0) is 38.0 Å². The van der Waals surface area contributed by atoms with Crippen molar-refractivity contribution in [3.05, 3.63) is 39.2 Å². The molecule has 1 aromatic heterocycles. The molecule has 0 bridgehead atoms. The summed E-state index contributed by atoms with van der Waals surface area (Å²) in [5.74, 6) is -0.921. The number of carbonyl (C=O) groups excluding carboxylic acids is 1. The highest BCUT2D eigenvalue weighted by molar-refractivity contribution is 7.82. The third-order valence-electron chi connectivity index (χ3n) is 3.15. The number of Topliss-reactive ketones (excluding diaryl/α,β-unsaturated/α-hetero) is 1. The van der Waals surface area contributed by atoms with Crippen molar-refractivity contribution >= 4 is 27.1 Å². The minimum atomic E-state index is -4.37. The molecule has 0 saturated heterocycles. The Balaban J connectivity index is 2.98. The van der Waals surface area contributed by atoms with Crippen LogP contribution in [0.15, 0.2) is 16.9 Å². The lowest BCUT2D eigenvalue weighted by atomic mass is 10.0. The fourth-order valence-electron chi connectivity index (χ4n) is 2.32. The highest BCUT2D eigenvalue weighted by atomic mass is 32.3. The first-order chi connectivity index (χ1) is 10.2. The zero-order valence-electron chi connectivity index (χ0n) is 12.5. The van der Waals surface area contributed by atoms with Gasteiger partial charge in [0.15, 0.2) is 11.5 Å². The van der Waals surface area contributed by atoms with Crippen LogP contribution in [0.5, 0.6) is 5.75 Å².